The molecule has 110 valence electrons. The minimum atomic E-state index is -0.0237. The lowest BCUT2D eigenvalue weighted by molar-refractivity contribution is 0.252. The SMILES string of the molecule is Cc1ncsc1C(C)Nc1ccc(N2CCNC2=O)cc1. The highest BCUT2D eigenvalue weighted by Gasteiger charge is 2.20. The lowest BCUT2D eigenvalue weighted by atomic mass is 10.2. The van der Waals surface area contributed by atoms with Gasteiger partial charge in [-0.1, -0.05) is 0 Å². The molecule has 1 aromatic heterocycles. The molecule has 1 saturated heterocycles. The highest BCUT2D eigenvalue weighted by molar-refractivity contribution is 7.09. The Morgan fingerprint density at radius 2 is 2.14 bits per heavy atom. The summed E-state index contributed by atoms with van der Waals surface area (Å²) in [6, 6.07) is 8.16. The van der Waals surface area contributed by atoms with Crippen molar-refractivity contribution in [2.45, 2.75) is 19.9 Å². The molecule has 0 bridgehead atoms. The van der Waals surface area contributed by atoms with Crippen molar-refractivity contribution in [3.63, 3.8) is 0 Å². The van der Waals surface area contributed by atoms with Crippen LogP contribution in [0.2, 0.25) is 0 Å². The van der Waals surface area contributed by atoms with Crippen LogP contribution in [0.15, 0.2) is 29.8 Å². The van der Waals surface area contributed by atoms with E-state index in [0.717, 1.165) is 23.6 Å². The van der Waals surface area contributed by atoms with Crippen LogP contribution >= 0.6 is 11.3 Å². The minimum absolute atomic E-state index is 0.0237. The molecule has 1 atom stereocenters. The number of anilines is 2. The third-order valence-corrected chi connectivity index (χ3v) is 4.71. The molecule has 1 fully saturated rings. The van der Waals surface area contributed by atoms with Gasteiger partial charge in [0.1, 0.15) is 0 Å². The number of benzene rings is 1. The quantitative estimate of drug-likeness (QED) is 0.912. The van der Waals surface area contributed by atoms with E-state index in [0.29, 0.717) is 6.54 Å². The number of urea groups is 1. The highest BCUT2D eigenvalue weighted by Crippen LogP contribution is 2.26. The van der Waals surface area contributed by atoms with Crippen LogP contribution in [0.25, 0.3) is 0 Å². The zero-order valence-electron chi connectivity index (χ0n) is 12.1. The number of rotatable bonds is 4. The molecule has 0 radical (unpaired) electrons. The molecule has 2 amide bonds. The van der Waals surface area contributed by atoms with Crippen LogP contribution in [0.3, 0.4) is 0 Å². The van der Waals surface area contributed by atoms with E-state index < -0.39 is 0 Å². The van der Waals surface area contributed by atoms with E-state index in [1.807, 2.05) is 36.7 Å². The number of carbonyl (C=O) groups excluding carboxylic acids is 1. The van der Waals surface area contributed by atoms with Crippen molar-refractivity contribution in [1.29, 1.82) is 0 Å². The van der Waals surface area contributed by atoms with Crippen molar-refractivity contribution in [1.82, 2.24) is 10.3 Å². The number of carbonyl (C=O) groups is 1. The third-order valence-electron chi connectivity index (χ3n) is 3.59. The van der Waals surface area contributed by atoms with E-state index in [9.17, 15) is 4.79 Å². The molecule has 5 nitrogen and oxygen atoms in total. The number of hydrogen-bond acceptors (Lipinski definition) is 4. The van der Waals surface area contributed by atoms with E-state index in [1.165, 1.54) is 4.88 Å². The Hall–Kier alpha value is -2.08. The van der Waals surface area contributed by atoms with E-state index in [-0.39, 0.29) is 12.1 Å². The summed E-state index contributed by atoms with van der Waals surface area (Å²) >= 11 is 1.67. The summed E-state index contributed by atoms with van der Waals surface area (Å²) < 4.78 is 0. The van der Waals surface area contributed by atoms with Crippen LogP contribution in [0, 0.1) is 6.92 Å². The van der Waals surface area contributed by atoms with Gasteiger partial charge in [-0.2, -0.15) is 0 Å². The van der Waals surface area contributed by atoms with Gasteiger partial charge in [-0.15, -0.1) is 11.3 Å². The Balaban J connectivity index is 1.70. The van der Waals surface area contributed by atoms with Gasteiger partial charge in [0.15, 0.2) is 0 Å². The van der Waals surface area contributed by atoms with Gasteiger partial charge in [-0.25, -0.2) is 9.78 Å². The van der Waals surface area contributed by atoms with E-state index >= 15 is 0 Å². The molecule has 1 unspecified atom stereocenters. The summed E-state index contributed by atoms with van der Waals surface area (Å²) in [7, 11) is 0. The topological polar surface area (TPSA) is 57.3 Å². The molecular weight excluding hydrogens is 284 g/mol. The predicted octanol–water partition coefficient (Wildman–Crippen LogP) is 3.15. The normalized spacial score (nSPS) is 15.9. The van der Waals surface area contributed by atoms with Crippen molar-refractivity contribution >= 4 is 28.7 Å². The molecule has 1 aromatic carbocycles. The summed E-state index contributed by atoms with van der Waals surface area (Å²) in [5.41, 5.74) is 4.92. The number of nitrogens with one attached hydrogen (secondary N) is 2. The van der Waals surface area contributed by atoms with Gasteiger partial charge in [0.05, 0.1) is 17.2 Å². The predicted molar refractivity (Wildman–Crippen MR) is 86.1 cm³/mol. The molecule has 2 N–H and O–H groups in total. The number of thiazole rings is 1. The fourth-order valence-corrected chi connectivity index (χ4v) is 3.31. The third kappa shape index (κ3) is 2.85. The fourth-order valence-electron chi connectivity index (χ4n) is 2.50. The van der Waals surface area contributed by atoms with Crippen LogP contribution in [-0.2, 0) is 0 Å². The maximum atomic E-state index is 11.6. The van der Waals surface area contributed by atoms with E-state index in [2.05, 4.69) is 22.5 Å². The monoisotopic (exact) mass is 302 g/mol. The largest absolute Gasteiger partial charge is 0.378 e. The number of amides is 2. The second-order valence-electron chi connectivity index (χ2n) is 5.10. The Bertz CT molecular complexity index is 637. The molecule has 6 heteroatoms. The number of aryl methyl sites for hydroxylation is 1. The maximum Gasteiger partial charge on any atom is 0.321 e. The Labute approximate surface area is 128 Å². The first kappa shape index (κ1) is 13.9. The van der Waals surface area contributed by atoms with Gasteiger partial charge in [0.25, 0.3) is 0 Å². The van der Waals surface area contributed by atoms with Gasteiger partial charge in [-0.05, 0) is 38.1 Å². The number of hydrogen-bond donors (Lipinski definition) is 2. The number of aromatic nitrogens is 1. The lowest BCUT2D eigenvalue weighted by Gasteiger charge is -2.17. The minimum Gasteiger partial charge on any atom is -0.378 e. The van der Waals surface area contributed by atoms with Crippen LogP contribution in [0.4, 0.5) is 16.2 Å². The van der Waals surface area contributed by atoms with Gasteiger partial charge < -0.3 is 10.6 Å². The zero-order chi connectivity index (χ0) is 14.8. The molecule has 0 saturated carbocycles. The van der Waals surface area contributed by atoms with Gasteiger partial charge in [-0.3, -0.25) is 4.90 Å². The van der Waals surface area contributed by atoms with Crippen LogP contribution in [-0.4, -0.2) is 24.1 Å². The van der Waals surface area contributed by atoms with Crippen molar-refractivity contribution in [2.24, 2.45) is 0 Å². The zero-order valence-corrected chi connectivity index (χ0v) is 12.9. The standard InChI is InChI=1S/C15H18N4OS/c1-10-14(21-9-17-10)11(2)18-12-3-5-13(6-4-12)19-8-7-16-15(19)20/h3-6,9,11,18H,7-8H2,1-2H3,(H,16,20). The first-order valence-corrected chi connectivity index (χ1v) is 7.85. The summed E-state index contributed by atoms with van der Waals surface area (Å²) in [5, 5.41) is 6.27. The van der Waals surface area contributed by atoms with Gasteiger partial charge in [0, 0.05) is 29.3 Å². The Morgan fingerprint density at radius 3 is 2.71 bits per heavy atom. The smallest absolute Gasteiger partial charge is 0.321 e. The van der Waals surface area contributed by atoms with Crippen molar-refractivity contribution < 1.29 is 4.79 Å². The Kier molecular flexibility index (Phi) is 3.79. The maximum absolute atomic E-state index is 11.6. The number of nitrogens with zero attached hydrogens (tertiary/aromatic N) is 2. The molecular formula is C15H18N4OS. The molecule has 2 aromatic rings. The first-order chi connectivity index (χ1) is 10.1. The van der Waals surface area contributed by atoms with Gasteiger partial charge in [0.2, 0.25) is 0 Å². The van der Waals surface area contributed by atoms with Crippen molar-refractivity contribution in [2.75, 3.05) is 23.3 Å². The fraction of sp³-hybridized carbons (Fsp3) is 0.333. The summed E-state index contributed by atoms with van der Waals surface area (Å²) in [5.74, 6) is 0. The first-order valence-electron chi connectivity index (χ1n) is 6.97. The van der Waals surface area contributed by atoms with E-state index in [1.54, 1.807) is 16.2 Å². The highest BCUT2D eigenvalue weighted by atomic mass is 32.1. The van der Waals surface area contributed by atoms with Gasteiger partial charge >= 0.3 is 6.03 Å². The van der Waals surface area contributed by atoms with Crippen LogP contribution in [0.1, 0.15) is 23.5 Å². The Morgan fingerprint density at radius 1 is 1.38 bits per heavy atom. The molecule has 21 heavy (non-hydrogen) atoms. The summed E-state index contributed by atoms with van der Waals surface area (Å²) in [6.45, 7) is 5.59. The van der Waals surface area contributed by atoms with E-state index in [4.69, 9.17) is 0 Å². The van der Waals surface area contributed by atoms with Crippen molar-refractivity contribution in [3.05, 3.63) is 40.3 Å². The molecule has 0 aliphatic carbocycles. The van der Waals surface area contributed by atoms with Crippen LogP contribution in [0.5, 0.6) is 0 Å². The summed E-state index contributed by atoms with van der Waals surface area (Å²) in [4.78, 5) is 18.9. The van der Waals surface area contributed by atoms with Crippen LogP contribution < -0.4 is 15.5 Å². The van der Waals surface area contributed by atoms with Crippen molar-refractivity contribution in [3.8, 4) is 0 Å². The molecule has 1 aliphatic rings. The molecule has 2 heterocycles. The summed E-state index contributed by atoms with van der Waals surface area (Å²) in [6.07, 6.45) is 0. The average Bonchev–Trinajstić information content (AvgIpc) is 3.08. The average molecular weight is 302 g/mol. The molecule has 3 rings (SSSR count). The molecule has 0 spiro atoms. The molecule has 1 aliphatic heterocycles. The second-order valence-corrected chi connectivity index (χ2v) is 5.98. The second kappa shape index (κ2) is 5.73. The lowest BCUT2D eigenvalue weighted by Crippen LogP contribution is -2.27.